The summed E-state index contributed by atoms with van der Waals surface area (Å²) < 4.78 is 0. The van der Waals surface area contributed by atoms with Crippen LogP contribution in [0.4, 0.5) is 0 Å². The summed E-state index contributed by atoms with van der Waals surface area (Å²) >= 11 is 0. The molecule has 0 N–H and O–H groups in total. The van der Waals surface area contributed by atoms with Gasteiger partial charge in [0.15, 0.2) is 0 Å². The van der Waals surface area contributed by atoms with Crippen molar-refractivity contribution in [3.63, 3.8) is 0 Å². The van der Waals surface area contributed by atoms with Crippen molar-refractivity contribution in [1.82, 2.24) is 0 Å². The van der Waals surface area contributed by atoms with Gasteiger partial charge in [0.25, 0.3) is 0 Å². The van der Waals surface area contributed by atoms with Gasteiger partial charge in [0.1, 0.15) is 0 Å². The molecule has 2 heteroatoms. The van der Waals surface area contributed by atoms with Gasteiger partial charge >= 0.3 is 0 Å². The van der Waals surface area contributed by atoms with E-state index in [1.165, 1.54) is 26.9 Å². The summed E-state index contributed by atoms with van der Waals surface area (Å²) in [6, 6.07) is 31.2. The van der Waals surface area contributed by atoms with Crippen molar-refractivity contribution in [3.8, 4) is 16.4 Å². The van der Waals surface area contributed by atoms with Crippen LogP contribution in [-0.2, 0) is 0 Å². The Morgan fingerprint density at radius 1 is 0.640 bits per heavy atom. The van der Waals surface area contributed by atoms with Crippen LogP contribution in [0.15, 0.2) is 84.9 Å². The highest BCUT2D eigenvalue weighted by atomic mass is 31.1. The van der Waals surface area contributed by atoms with Crippen molar-refractivity contribution in [3.05, 3.63) is 84.9 Å². The van der Waals surface area contributed by atoms with Crippen LogP contribution in [0, 0.1) is 0 Å². The zero-order valence-corrected chi connectivity index (χ0v) is 16.9. The maximum absolute atomic E-state index is 2.50. The molecule has 0 fully saturated rings. The number of rotatable bonds is 3. The van der Waals surface area contributed by atoms with E-state index in [-0.39, 0.29) is 0 Å². The van der Waals surface area contributed by atoms with E-state index in [0.717, 1.165) is 0 Å². The van der Waals surface area contributed by atoms with Crippen molar-refractivity contribution < 1.29 is 0 Å². The second kappa shape index (κ2) is 6.33. The minimum Gasteiger partial charge on any atom is -0.0856 e. The third-order valence-electron chi connectivity index (χ3n) is 4.66. The maximum Gasteiger partial charge on any atom is 0.0839 e. The lowest BCUT2D eigenvalue weighted by molar-refractivity contribution is 1.68. The Morgan fingerprint density at radius 3 is 1.84 bits per heavy atom. The van der Waals surface area contributed by atoms with Gasteiger partial charge in [0, 0.05) is 5.12 Å². The minimum absolute atomic E-state index is 0.429. The lowest BCUT2D eigenvalue weighted by atomic mass is 10.1. The molecule has 0 spiro atoms. The molecule has 3 aromatic carbocycles. The molecule has 25 heavy (non-hydrogen) atoms. The molecule has 0 aliphatic heterocycles. The van der Waals surface area contributed by atoms with Crippen LogP contribution < -0.4 is 4.92 Å². The molecular weight excluding hydrogens is 335 g/mol. The minimum atomic E-state index is -1.51. The average Bonchev–Trinajstić information content (AvgIpc) is 2.99. The Bertz CT molecular complexity index is 932. The van der Waals surface area contributed by atoms with Gasteiger partial charge < -0.3 is 0 Å². The number of hydrogen-bond acceptors (Lipinski definition) is 0. The SMILES string of the molecule is C[Si](C)(C)c1c(-c2ccccc2)c2ccccc2p1-c1ccccc1. The Balaban J connectivity index is 2.19. The third-order valence-corrected chi connectivity index (χ3v) is 11.4. The van der Waals surface area contributed by atoms with Gasteiger partial charge in [0.2, 0.25) is 0 Å². The standard InChI is InChI=1S/C23H23PSi/c1-25(2,3)23-22(18-12-6-4-7-13-18)20-16-10-11-17-21(20)24(23)19-14-8-5-9-15-19/h4-17H,1-3H3. The highest BCUT2D eigenvalue weighted by Gasteiger charge is 2.29. The highest BCUT2D eigenvalue weighted by molar-refractivity contribution is 7.69. The lowest BCUT2D eigenvalue weighted by Crippen LogP contribution is -2.37. The molecule has 0 bridgehead atoms. The molecule has 1 unspecified atom stereocenters. The highest BCUT2D eigenvalue weighted by Crippen LogP contribution is 2.51. The van der Waals surface area contributed by atoms with Crippen LogP contribution in [0.3, 0.4) is 0 Å². The Kier molecular flexibility index (Phi) is 4.15. The van der Waals surface area contributed by atoms with Gasteiger partial charge in [-0.1, -0.05) is 112 Å². The normalized spacial score (nSPS) is 12.5. The molecular formula is C23H23PSi. The summed E-state index contributed by atoms with van der Waals surface area (Å²) in [6.45, 7) is 7.49. The van der Waals surface area contributed by atoms with Crippen LogP contribution in [0.5, 0.6) is 0 Å². The van der Waals surface area contributed by atoms with E-state index in [1.54, 1.807) is 4.92 Å². The topological polar surface area (TPSA) is 0 Å². The monoisotopic (exact) mass is 358 g/mol. The van der Waals surface area contributed by atoms with Gasteiger partial charge in [-0.2, -0.15) is 0 Å². The fourth-order valence-corrected chi connectivity index (χ4v) is 10.5. The Morgan fingerprint density at radius 2 is 1.20 bits per heavy atom. The molecule has 1 atom stereocenters. The molecule has 0 aliphatic rings. The first-order valence-electron chi connectivity index (χ1n) is 8.82. The zero-order valence-electron chi connectivity index (χ0n) is 15.0. The third kappa shape index (κ3) is 2.88. The largest absolute Gasteiger partial charge is 0.0856 e. The van der Waals surface area contributed by atoms with E-state index in [0.29, 0.717) is 0 Å². The van der Waals surface area contributed by atoms with Gasteiger partial charge in [-0.3, -0.25) is 0 Å². The van der Waals surface area contributed by atoms with E-state index in [9.17, 15) is 0 Å². The molecule has 4 aromatic rings. The number of benzene rings is 3. The van der Waals surface area contributed by atoms with E-state index < -0.39 is 15.6 Å². The van der Waals surface area contributed by atoms with Crippen LogP contribution in [-0.4, -0.2) is 8.07 Å². The molecule has 0 amide bonds. The second-order valence-electron chi connectivity index (χ2n) is 7.53. The summed E-state index contributed by atoms with van der Waals surface area (Å²) in [5, 5.41) is 4.45. The van der Waals surface area contributed by atoms with Gasteiger partial charge in [0.05, 0.1) is 8.07 Å². The predicted molar refractivity (Wildman–Crippen MR) is 116 cm³/mol. The van der Waals surface area contributed by atoms with Crippen LogP contribution in [0.2, 0.25) is 19.6 Å². The molecule has 0 nitrogen and oxygen atoms in total. The molecule has 124 valence electrons. The summed E-state index contributed by atoms with van der Waals surface area (Å²) in [5.41, 5.74) is 2.87. The van der Waals surface area contributed by atoms with E-state index in [2.05, 4.69) is 105 Å². The van der Waals surface area contributed by atoms with Crippen molar-refractivity contribution in [2.45, 2.75) is 19.6 Å². The van der Waals surface area contributed by atoms with Gasteiger partial charge in [-0.15, -0.1) is 0 Å². The molecule has 1 heterocycles. The number of hydrogen-bond donors (Lipinski definition) is 0. The summed E-state index contributed by atoms with van der Waals surface area (Å²) in [7, 11) is -1.93. The molecule has 0 aliphatic carbocycles. The first-order chi connectivity index (χ1) is 12.1. The molecule has 0 saturated heterocycles. The first kappa shape index (κ1) is 16.4. The fraction of sp³-hybridized carbons (Fsp3) is 0.130. The fourth-order valence-electron chi connectivity index (χ4n) is 3.69. The number of fused-ring (bicyclic) bond motifs is 1. The lowest BCUT2D eigenvalue weighted by Gasteiger charge is -2.22. The van der Waals surface area contributed by atoms with E-state index >= 15 is 0 Å². The Labute approximate surface area is 152 Å². The molecule has 4 rings (SSSR count). The summed E-state index contributed by atoms with van der Waals surface area (Å²) in [5.74, 6) is 0. The summed E-state index contributed by atoms with van der Waals surface area (Å²) in [6.07, 6.45) is 0. The van der Waals surface area contributed by atoms with E-state index in [4.69, 9.17) is 0 Å². The zero-order chi connectivity index (χ0) is 17.4. The predicted octanol–water partition coefficient (Wildman–Crippen LogP) is 7.03. The smallest absolute Gasteiger partial charge is 0.0839 e. The quantitative estimate of drug-likeness (QED) is 0.345. The van der Waals surface area contributed by atoms with Gasteiger partial charge in [-0.05, 0) is 26.7 Å². The van der Waals surface area contributed by atoms with Crippen LogP contribution in [0.25, 0.3) is 26.9 Å². The van der Waals surface area contributed by atoms with Crippen molar-refractivity contribution >= 4 is 31.0 Å². The Hall–Kier alpha value is -2.08. The van der Waals surface area contributed by atoms with Crippen molar-refractivity contribution in [1.29, 1.82) is 0 Å². The maximum atomic E-state index is 2.50. The molecule has 1 aromatic heterocycles. The molecule has 0 radical (unpaired) electrons. The average molecular weight is 358 g/mol. The van der Waals surface area contributed by atoms with Crippen LogP contribution >= 0.6 is 7.53 Å². The van der Waals surface area contributed by atoms with Crippen molar-refractivity contribution in [2.75, 3.05) is 0 Å². The second-order valence-corrected chi connectivity index (χ2v) is 15.1. The van der Waals surface area contributed by atoms with Gasteiger partial charge in [-0.25, -0.2) is 0 Å². The molecule has 0 saturated carbocycles. The first-order valence-corrected chi connectivity index (χ1v) is 13.7. The summed E-state index contributed by atoms with van der Waals surface area (Å²) in [4.78, 5) is 1.72. The van der Waals surface area contributed by atoms with Crippen LogP contribution in [0.1, 0.15) is 0 Å². The van der Waals surface area contributed by atoms with Crippen molar-refractivity contribution in [2.24, 2.45) is 0 Å². The van der Waals surface area contributed by atoms with E-state index in [1.807, 2.05) is 0 Å².